The highest BCUT2D eigenvalue weighted by atomic mass is 19.1. The molecule has 0 spiro atoms. The van der Waals surface area contributed by atoms with Crippen molar-refractivity contribution in [2.24, 2.45) is 0 Å². The van der Waals surface area contributed by atoms with Crippen LogP contribution >= 0.6 is 0 Å². The Hall–Kier alpha value is -2.34. The van der Waals surface area contributed by atoms with Gasteiger partial charge in [-0.1, -0.05) is 43.3 Å². The van der Waals surface area contributed by atoms with Gasteiger partial charge in [0.25, 0.3) is 0 Å². The van der Waals surface area contributed by atoms with Crippen molar-refractivity contribution in [3.05, 3.63) is 65.5 Å². The van der Waals surface area contributed by atoms with Crippen LogP contribution in [0.2, 0.25) is 0 Å². The molecule has 0 saturated carbocycles. The van der Waals surface area contributed by atoms with Gasteiger partial charge in [-0.15, -0.1) is 0 Å². The molecule has 0 aromatic heterocycles. The lowest BCUT2D eigenvalue weighted by Crippen LogP contribution is -2.11. The zero-order valence-corrected chi connectivity index (χ0v) is 10.7. The van der Waals surface area contributed by atoms with Crippen molar-refractivity contribution in [2.75, 3.05) is 11.9 Å². The number of nitrogens with one attached hydrogen (secondary N) is 1. The molecule has 0 aliphatic rings. The number of halogens is 1. The molecule has 0 radical (unpaired) electrons. The van der Waals surface area contributed by atoms with Crippen LogP contribution in [-0.2, 0) is 0 Å². The van der Waals surface area contributed by atoms with Gasteiger partial charge >= 0.3 is 0 Å². The molecule has 1 N–H and O–H groups in total. The molecule has 0 saturated heterocycles. The number of hydrogen-bond acceptors (Lipinski definition) is 2. The fraction of sp³-hybridized carbons (Fsp3) is 0.188. The van der Waals surface area contributed by atoms with E-state index < -0.39 is 5.82 Å². The Morgan fingerprint density at radius 3 is 2.58 bits per heavy atom. The highest BCUT2D eigenvalue weighted by Crippen LogP contribution is 2.20. The molecule has 2 aromatic rings. The molecular weight excluding hydrogens is 239 g/mol. The molecule has 1 atom stereocenters. The van der Waals surface area contributed by atoms with E-state index in [1.165, 1.54) is 11.6 Å². The van der Waals surface area contributed by atoms with Crippen molar-refractivity contribution in [3.63, 3.8) is 0 Å². The molecule has 0 heterocycles. The van der Waals surface area contributed by atoms with Crippen LogP contribution in [0.1, 0.15) is 24.0 Å². The Labute approximate surface area is 112 Å². The fourth-order valence-corrected chi connectivity index (χ4v) is 1.95. The summed E-state index contributed by atoms with van der Waals surface area (Å²) < 4.78 is 13.4. The summed E-state index contributed by atoms with van der Waals surface area (Å²) in [5.74, 6) is -0.198. The molecule has 0 amide bonds. The summed E-state index contributed by atoms with van der Waals surface area (Å²) in [4.78, 5) is 0. The van der Waals surface area contributed by atoms with Crippen LogP contribution in [0.3, 0.4) is 0 Å². The maximum Gasteiger partial charge on any atom is 0.143 e. The van der Waals surface area contributed by atoms with Gasteiger partial charge in [-0.3, -0.25) is 0 Å². The highest BCUT2D eigenvalue weighted by Gasteiger charge is 2.09. The Morgan fingerprint density at radius 2 is 1.89 bits per heavy atom. The largest absolute Gasteiger partial charge is 0.383 e. The molecule has 0 bridgehead atoms. The average molecular weight is 254 g/mol. The summed E-state index contributed by atoms with van der Waals surface area (Å²) in [7, 11) is 0. The van der Waals surface area contributed by atoms with E-state index in [1.807, 2.05) is 24.3 Å². The van der Waals surface area contributed by atoms with Crippen LogP contribution in [-0.4, -0.2) is 6.54 Å². The van der Waals surface area contributed by atoms with Crippen LogP contribution in [0.5, 0.6) is 0 Å². The highest BCUT2D eigenvalue weighted by molar-refractivity contribution is 5.58. The second-order valence-corrected chi connectivity index (χ2v) is 4.47. The maximum atomic E-state index is 13.4. The lowest BCUT2D eigenvalue weighted by atomic mass is 10.0. The summed E-state index contributed by atoms with van der Waals surface area (Å²) in [6.45, 7) is 2.75. The molecular formula is C16H15FN2. The second-order valence-electron chi connectivity index (χ2n) is 4.47. The Bertz CT molecular complexity index is 587. The molecule has 3 heteroatoms. The molecule has 0 aliphatic carbocycles. The minimum absolute atomic E-state index is 0.0720. The number of anilines is 1. The summed E-state index contributed by atoms with van der Waals surface area (Å²) in [6.07, 6.45) is 0. The number of hydrogen-bond donors (Lipinski definition) is 1. The third kappa shape index (κ3) is 3.11. The van der Waals surface area contributed by atoms with Crippen molar-refractivity contribution < 1.29 is 4.39 Å². The van der Waals surface area contributed by atoms with Gasteiger partial charge in [0.05, 0.1) is 5.69 Å². The van der Waals surface area contributed by atoms with E-state index in [0.717, 1.165) is 0 Å². The summed E-state index contributed by atoms with van der Waals surface area (Å²) in [5.41, 5.74) is 1.83. The van der Waals surface area contributed by atoms with Gasteiger partial charge in [0, 0.05) is 6.54 Å². The third-order valence-electron chi connectivity index (χ3n) is 3.09. The van der Waals surface area contributed by atoms with Crippen molar-refractivity contribution in [1.82, 2.24) is 0 Å². The average Bonchev–Trinajstić information content (AvgIpc) is 2.45. The van der Waals surface area contributed by atoms with E-state index in [4.69, 9.17) is 5.26 Å². The summed E-state index contributed by atoms with van der Waals surface area (Å²) in [6, 6.07) is 16.6. The molecule has 2 nitrogen and oxygen atoms in total. The molecule has 96 valence electrons. The number of rotatable bonds is 4. The molecule has 0 fully saturated rings. The van der Waals surface area contributed by atoms with Gasteiger partial charge in [0.1, 0.15) is 17.4 Å². The lowest BCUT2D eigenvalue weighted by molar-refractivity contribution is 0.624. The number of nitrogens with zero attached hydrogens (tertiary/aromatic N) is 1. The fourth-order valence-electron chi connectivity index (χ4n) is 1.95. The van der Waals surface area contributed by atoms with Crippen molar-refractivity contribution in [1.29, 1.82) is 5.26 Å². The van der Waals surface area contributed by atoms with Gasteiger partial charge in [-0.25, -0.2) is 4.39 Å². The Morgan fingerprint density at radius 1 is 1.16 bits per heavy atom. The van der Waals surface area contributed by atoms with Crippen LogP contribution < -0.4 is 5.32 Å². The van der Waals surface area contributed by atoms with Crippen LogP contribution in [0.4, 0.5) is 10.1 Å². The normalized spacial score (nSPS) is 11.6. The van der Waals surface area contributed by atoms with Gasteiger partial charge in [-0.05, 0) is 23.6 Å². The van der Waals surface area contributed by atoms with Gasteiger partial charge < -0.3 is 5.32 Å². The minimum Gasteiger partial charge on any atom is -0.383 e. The second kappa shape index (κ2) is 6.01. The van der Waals surface area contributed by atoms with Crippen molar-refractivity contribution >= 4 is 5.69 Å². The zero-order chi connectivity index (χ0) is 13.7. The van der Waals surface area contributed by atoms with E-state index >= 15 is 0 Å². The topological polar surface area (TPSA) is 35.8 Å². The number of nitriles is 1. The van der Waals surface area contributed by atoms with Crippen LogP contribution in [0.25, 0.3) is 0 Å². The quantitative estimate of drug-likeness (QED) is 0.897. The minimum atomic E-state index is -0.486. The molecule has 0 aliphatic heterocycles. The molecule has 1 unspecified atom stereocenters. The van der Waals surface area contributed by atoms with Crippen LogP contribution in [0, 0.1) is 17.1 Å². The SMILES string of the molecule is CC(CNc1cccc(F)c1C#N)c1ccccc1. The van der Waals surface area contributed by atoms with Crippen molar-refractivity contribution in [3.8, 4) is 6.07 Å². The smallest absolute Gasteiger partial charge is 0.143 e. The number of benzene rings is 2. The zero-order valence-electron chi connectivity index (χ0n) is 10.7. The monoisotopic (exact) mass is 254 g/mol. The van der Waals surface area contributed by atoms with E-state index in [0.29, 0.717) is 12.2 Å². The maximum absolute atomic E-state index is 13.4. The first-order chi connectivity index (χ1) is 9.22. The van der Waals surface area contributed by atoms with E-state index in [9.17, 15) is 4.39 Å². The Kier molecular flexibility index (Phi) is 4.15. The lowest BCUT2D eigenvalue weighted by Gasteiger charge is -2.15. The van der Waals surface area contributed by atoms with Gasteiger partial charge in [-0.2, -0.15) is 5.26 Å². The third-order valence-corrected chi connectivity index (χ3v) is 3.09. The Balaban J connectivity index is 2.08. The van der Waals surface area contributed by atoms with Crippen LogP contribution in [0.15, 0.2) is 48.5 Å². The first-order valence-electron chi connectivity index (χ1n) is 6.20. The van der Waals surface area contributed by atoms with E-state index in [2.05, 4.69) is 24.4 Å². The predicted octanol–water partition coefficient (Wildman–Crippen LogP) is 3.91. The molecule has 19 heavy (non-hydrogen) atoms. The van der Waals surface area contributed by atoms with E-state index in [-0.39, 0.29) is 11.5 Å². The summed E-state index contributed by atoms with van der Waals surface area (Å²) >= 11 is 0. The van der Waals surface area contributed by atoms with E-state index in [1.54, 1.807) is 12.1 Å². The standard InChI is InChI=1S/C16H15FN2/c1-12(13-6-3-2-4-7-13)11-19-16-9-5-8-15(17)14(16)10-18/h2-9,12,19H,11H2,1H3. The van der Waals surface area contributed by atoms with Gasteiger partial charge in [0.2, 0.25) is 0 Å². The molecule has 2 aromatic carbocycles. The van der Waals surface area contributed by atoms with Gasteiger partial charge in [0.15, 0.2) is 0 Å². The predicted molar refractivity (Wildman–Crippen MR) is 74.5 cm³/mol. The molecule has 2 rings (SSSR count). The first-order valence-corrected chi connectivity index (χ1v) is 6.20. The van der Waals surface area contributed by atoms with Crippen molar-refractivity contribution in [2.45, 2.75) is 12.8 Å². The summed E-state index contributed by atoms with van der Waals surface area (Å²) in [5, 5.41) is 12.1. The first kappa shape index (κ1) is 13.1.